The highest BCUT2D eigenvalue weighted by Crippen LogP contribution is 2.29. The van der Waals surface area contributed by atoms with Crippen LogP contribution in [0.1, 0.15) is 43.5 Å². The van der Waals surface area contributed by atoms with Gasteiger partial charge in [0.1, 0.15) is 5.82 Å². The van der Waals surface area contributed by atoms with Crippen LogP contribution >= 0.6 is 15.9 Å². The Balaban J connectivity index is 2.10. The number of rotatable bonds is 3. The molecule has 0 aliphatic heterocycles. The Morgan fingerprint density at radius 3 is 2.55 bits per heavy atom. The maximum atomic E-state index is 12.4. The average molecular weight is 340 g/mol. The second-order valence-corrected chi connectivity index (χ2v) is 6.80. The van der Waals surface area contributed by atoms with Crippen molar-refractivity contribution in [3.63, 3.8) is 0 Å². The minimum absolute atomic E-state index is 0.0468. The molecule has 4 nitrogen and oxygen atoms in total. The molecule has 1 amide bonds. The van der Waals surface area contributed by atoms with E-state index in [9.17, 15) is 4.79 Å². The summed E-state index contributed by atoms with van der Waals surface area (Å²) in [7, 11) is 1.78. The van der Waals surface area contributed by atoms with Gasteiger partial charge in [0.05, 0.1) is 5.56 Å². The van der Waals surface area contributed by atoms with Crippen molar-refractivity contribution in [3.8, 4) is 0 Å². The lowest BCUT2D eigenvalue weighted by molar-refractivity contribution is 0.0911. The molecule has 20 heavy (non-hydrogen) atoms. The van der Waals surface area contributed by atoms with Crippen molar-refractivity contribution in [2.75, 3.05) is 12.4 Å². The number of aromatic nitrogens is 1. The maximum Gasteiger partial charge on any atom is 0.255 e. The normalized spacial score (nSPS) is 26.1. The summed E-state index contributed by atoms with van der Waals surface area (Å²) in [6, 6.07) is 2.08. The van der Waals surface area contributed by atoms with Crippen molar-refractivity contribution < 1.29 is 4.79 Å². The third-order valence-corrected chi connectivity index (χ3v) is 4.28. The number of carbonyl (C=O) groups excluding carboxylic acids is 1. The van der Waals surface area contributed by atoms with Crippen molar-refractivity contribution in [1.29, 1.82) is 0 Å². The van der Waals surface area contributed by atoms with Crippen LogP contribution in [0.3, 0.4) is 0 Å². The highest BCUT2D eigenvalue weighted by molar-refractivity contribution is 9.10. The zero-order chi connectivity index (χ0) is 14.7. The molecular formula is C15H22BrN3O. The molecule has 1 aromatic heterocycles. The highest BCUT2D eigenvalue weighted by atomic mass is 79.9. The van der Waals surface area contributed by atoms with Gasteiger partial charge < -0.3 is 10.6 Å². The summed E-state index contributed by atoms with van der Waals surface area (Å²) in [6.45, 7) is 4.52. The van der Waals surface area contributed by atoms with Gasteiger partial charge in [-0.15, -0.1) is 0 Å². The smallest absolute Gasteiger partial charge is 0.255 e. The number of nitrogens with one attached hydrogen (secondary N) is 2. The van der Waals surface area contributed by atoms with E-state index >= 15 is 0 Å². The van der Waals surface area contributed by atoms with Gasteiger partial charge in [-0.1, -0.05) is 13.8 Å². The molecule has 1 aliphatic rings. The summed E-state index contributed by atoms with van der Waals surface area (Å²) in [6.07, 6.45) is 5.07. The molecule has 0 spiro atoms. The third-order valence-electron chi connectivity index (χ3n) is 3.85. The SMILES string of the molecule is CNc1ncc(Br)cc1C(=O)NC1CC(C)CC(C)C1. The molecule has 2 rings (SSSR count). The topological polar surface area (TPSA) is 54.0 Å². The van der Waals surface area contributed by atoms with E-state index in [0.29, 0.717) is 23.2 Å². The first kappa shape index (κ1) is 15.3. The summed E-state index contributed by atoms with van der Waals surface area (Å²) in [5.41, 5.74) is 0.591. The molecule has 0 radical (unpaired) electrons. The van der Waals surface area contributed by atoms with Gasteiger partial charge in [0.25, 0.3) is 5.91 Å². The van der Waals surface area contributed by atoms with Gasteiger partial charge in [-0.3, -0.25) is 4.79 Å². The van der Waals surface area contributed by atoms with Gasteiger partial charge in [-0.25, -0.2) is 4.98 Å². The third kappa shape index (κ3) is 3.72. The van der Waals surface area contributed by atoms with Crippen molar-refractivity contribution in [2.45, 2.75) is 39.2 Å². The van der Waals surface area contributed by atoms with Crippen molar-refractivity contribution in [3.05, 3.63) is 22.3 Å². The van der Waals surface area contributed by atoms with Gasteiger partial charge in [-0.2, -0.15) is 0 Å². The van der Waals surface area contributed by atoms with Gasteiger partial charge in [0, 0.05) is 23.8 Å². The van der Waals surface area contributed by atoms with Crippen LogP contribution in [0.15, 0.2) is 16.7 Å². The van der Waals surface area contributed by atoms with Crippen molar-refractivity contribution in [2.24, 2.45) is 11.8 Å². The van der Waals surface area contributed by atoms with Crippen LogP contribution in [0, 0.1) is 11.8 Å². The second kappa shape index (κ2) is 6.57. The monoisotopic (exact) mass is 339 g/mol. The van der Waals surface area contributed by atoms with E-state index in [4.69, 9.17) is 0 Å². The van der Waals surface area contributed by atoms with Crippen LogP contribution in [-0.2, 0) is 0 Å². The quantitative estimate of drug-likeness (QED) is 0.886. The summed E-state index contributed by atoms with van der Waals surface area (Å²) in [5.74, 6) is 1.92. The fourth-order valence-electron chi connectivity index (χ4n) is 3.14. The molecule has 2 unspecified atom stereocenters. The van der Waals surface area contributed by atoms with Gasteiger partial charge in [-0.05, 0) is 53.1 Å². The van der Waals surface area contributed by atoms with Gasteiger partial charge in [0.2, 0.25) is 0 Å². The number of halogens is 1. The molecule has 5 heteroatoms. The second-order valence-electron chi connectivity index (χ2n) is 5.89. The molecule has 0 saturated heterocycles. The van der Waals surface area contributed by atoms with Gasteiger partial charge in [0.15, 0.2) is 0 Å². The molecule has 1 aromatic rings. The number of hydrogen-bond donors (Lipinski definition) is 2. The molecule has 110 valence electrons. The van der Waals surface area contributed by atoms with Crippen LogP contribution in [0.25, 0.3) is 0 Å². The lowest BCUT2D eigenvalue weighted by Crippen LogP contribution is -2.40. The van der Waals surface area contributed by atoms with E-state index in [1.807, 2.05) is 6.07 Å². The highest BCUT2D eigenvalue weighted by Gasteiger charge is 2.26. The predicted molar refractivity (Wildman–Crippen MR) is 84.9 cm³/mol. The number of amides is 1. The standard InChI is InChI=1S/C15H22BrN3O/c1-9-4-10(2)6-12(5-9)19-15(20)13-7-11(16)8-18-14(13)17-3/h7-10,12H,4-6H2,1-3H3,(H,17,18)(H,19,20). The average Bonchev–Trinajstić information content (AvgIpc) is 2.37. The minimum atomic E-state index is -0.0468. The number of nitrogens with zero attached hydrogens (tertiary/aromatic N) is 1. The van der Waals surface area contributed by atoms with E-state index in [1.165, 1.54) is 6.42 Å². The van der Waals surface area contributed by atoms with Gasteiger partial charge >= 0.3 is 0 Å². The Morgan fingerprint density at radius 1 is 1.30 bits per heavy atom. The summed E-state index contributed by atoms with van der Waals surface area (Å²) >= 11 is 3.37. The predicted octanol–water partition coefficient (Wildman–Crippen LogP) is 3.44. The number of hydrogen-bond acceptors (Lipinski definition) is 3. The fourth-order valence-corrected chi connectivity index (χ4v) is 3.47. The molecule has 0 aromatic carbocycles. The van der Waals surface area contributed by atoms with Crippen LogP contribution in [0.4, 0.5) is 5.82 Å². The van der Waals surface area contributed by atoms with Crippen molar-refractivity contribution in [1.82, 2.24) is 10.3 Å². The number of anilines is 1. The minimum Gasteiger partial charge on any atom is -0.372 e. The molecule has 2 N–H and O–H groups in total. The maximum absolute atomic E-state index is 12.4. The van der Waals surface area contributed by atoms with E-state index in [-0.39, 0.29) is 11.9 Å². The number of pyridine rings is 1. The first-order chi connectivity index (χ1) is 9.49. The molecule has 0 bridgehead atoms. The van der Waals surface area contributed by atoms with E-state index in [2.05, 4.69) is 45.4 Å². The molecule has 1 saturated carbocycles. The molecule has 2 atom stereocenters. The Kier molecular flexibility index (Phi) is 5.02. The zero-order valence-corrected chi connectivity index (χ0v) is 13.8. The van der Waals surface area contributed by atoms with Crippen LogP contribution in [-0.4, -0.2) is 24.0 Å². The van der Waals surface area contributed by atoms with Crippen LogP contribution in [0.5, 0.6) is 0 Å². The first-order valence-electron chi connectivity index (χ1n) is 7.13. The number of carbonyl (C=O) groups is 1. The Morgan fingerprint density at radius 2 is 1.95 bits per heavy atom. The van der Waals surface area contributed by atoms with E-state index in [1.54, 1.807) is 13.2 Å². The molecular weight excluding hydrogens is 318 g/mol. The van der Waals surface area contributed by atoms with Crippen molar-refractivity contribution >= 4 is 27.7 Å². The van der Waals surface area contributed by atoms with Crippen LogP contribution in [0.2, 0.25) is 0 Å². The first-order valence-corrected chi connectivity index (χ1v) is 7.93. The lowest BCUT2D eigenvalue weighted by atomic mass is 9.80. The summed E-state index contributed by atoms with van der Waals surface area (Å²) in [4.78, 5) is 16.7. The van der Waals surface area contributed by atoms with E-state index in [0.717, 1.165) is 17.3 Å². The summed E-state index contributed by atoms with van der Waals surface area (Å²) in [5, 5.41) is 6.12. The summed E-state index contributed by atoms with van der Waals surface area (Å²) < 4.78 is 0.812. The largest absolute Gasteiger partial charge is 0.372 e. The zero-order valence-electron chi connectivity index (χ0n) is 12.2. The Bertz CT molecular complexity index is 482. The Labute approximate surface area is 128 Å². The Hall–Kier alpha value is -1.10. The molecule has 1 fully saturated rings. The molecule has 1 heterocycles. The molecule has 1 aliphatic carbocycles. The van der Waals surface area contributed by atoms with Crippen LogP contribution < -0.4 is 10.6 Å². The lowest BCUT2D eigenvalue weighted by Gasteiger charge is -2.32. The fraction of sp³-hybridized carbons (Fsp3) is 0.600. The van der Waals surface area contributed by atoms with E-state index < -0.39 is 0 Å².